The van der Waals surface area contributed by atoms with Crippen LogP contribution in [0.3, 0.4) is 0 Å². The zero-order chi connectivity index (χ0) is 17.4. The Labute approximate surface area is 155 Å². The third kappa shape index (κ3) is 3.32. The van der Waals surface area contributed by atoms with Gasteiger partial charge >= 0.3 is 0 Å². The second kappa shape index (κ2) is 6.80. The van der Waals surface area contributed by atoms with Gasteiger partial charge in [0.15, 0.2) is 0 Å². The summed E-state index contributed by atoms with van der Waals surface area (Å²) in [5, 5.41) is 1.14. The molecular formula is C16H17Cl2N5S. The molecular weight excluding hydrogens is 365 g/mol. The van der Waals surface area contributed by atoms with E-state index in [1.165, 1.54) is 0 Å². The third-order valence-corrected chi connectivity index (χ3v) is 4.88. The topological polar surface area (TPSA) is 38.4 Å². The lowest BCUT2D eigenvalue weighted by Gasteiger charge is -2.19. The zero-order valence-electron chi connectivity index (χ0n) is 13.6. The summed E-state index contributed by atoms with van der Waals surface area (Å²) in [5.74, 6) is 0.617. The molecule has 0 radical (unpaired) electrons. The lowest BCUT2D eigenvalue weighted by molar-refractivity contribution is 0.238. The molecule has 126 valence electrons. The Morgan fingerprint density at radius 3 is 2.71 bits per heavy atom. The van der Waals surface area contributed by atoms with Gasteiger partial charge in [0, 0.05) is 17.9 Å². The maximum Gasteiger partial charge on any atom is 0.252 e. The maximum absolute atomic E-state index is 6.27. The molecule has 2 aromatic heterocycles. The van der Waals surface area contributed by atoms with Crippen LogP contribution in [0.1, 0.15) is 17.0 Å². The molecule has 0 aliphatic rings. The maximum atomic E-state index is 6.27. The van der Waals surface area contributed by atoms with Gasteiger partial charge in [0.05, 0.1) is 16.7 Å². The number of hydrogen-bond donors (Lipinski definition) is 0. The minimum atomic E-state index is 0.500. The van der Waals surface area contributed by atoms with Crippen LogP contribution in [0.2, 0.25) is 10.0 Å². The molecule has 0 amide bonds. The lowest BCUT2D eigenvalue weighted by Crippen LogP contribution is -2.25. The van der Waals surface area contributed by atoms with E-state index in [9.17, 15) is 0 Å². The number of rotatable bonds is 4. The summed E-state index contributed by atoms with van der Waals surface area (Å²) in [6.45, 7) is 5.17. The van der Waals surface area contributed by atoms with Crippen LogP contribution in [0.25, 0.3) is 5.78 Å². The molecule has 0 saturated heterocycles. The van der Waals surface area contributed by atoms with Crippen LogP contribution in [-0.4, -0.2) is 31.1 Å². The highest BCUT2D eigenvalue weighted by Gasteiger charge is 2.12. The summed E-state index contributed by atoms with van der Waals surface area (Å²) in [4.78, 5) is 10.9. The zero-order valence-corrected chi connectivity index (χ0v) is 16.0. The van der Waals surface area contributed by atoms with Crippen LogP contribution in [-0.2, 0) is 13.2 Å². The van der Waals surface area contributed by atoms with Gasteiger partial charge in [-0.3, -0.25) is 4.90 Å². The van der Waals surface area contributed by atoms with Gasteiger partial charge in [-0.15, -0.1) is 0 Å². The third-order valence-electron chi connectivity index (χ3n) is 3.72. The molecule has 0 bridgehead atoms. The Morgan fingerprint density at radius 2 is 1.96 bits per heavy atom. The molecule has 0 saturated carbocycles. The highest BCUT2D eigenvalue weighted by atomic mass is 35.5. The Kier molecular flexibility index (Phi) is 4.92. The average molecular weight is 382 g/mol. The number of hydrogen-bond acceptors (Lipinski definition) is 4. The van der Waals surface area contributed by atoms with E-state index in [4.69, 9.17) is 35.4 Å². The second-order valence-electron chi connectivity index (χ2n) is 5.81. The number of fused-ring (bicyclic) bond motifs is 1. The van der Waals surface area contributed by atoms with Crippen molar-refractivity contribution in [1.29, 1.82) is 0 Å². The van der Waals surface area contributed by atoms with E-state index in [-0.39, 0.29) is 0 Å². The van der Waals surface area contributed by atoms with E-state index in [1.54, 1.807) is 6.07 Å². The molecule has 24 heavy (non-hydrogen) atoms. The normalized spacial score (nSPS) is 11.6. The summed E-state index contributed by atoms with van der Waals surface area (Å²) in [7, 11) is 2.00. The van der Waals surface area contributed by atoms with Crippen LogP contribution in [0, 0.1) is 18.6 Å². The van der Waals surface area contributed by atoms with Crippen LogP contribution < -0.4 is 0 Å². The predicted octanol–water partition coefficient (Wildman–Crippen LogP) is 4.27. The molecule has 1 aromatic carbocycles. The largest absolute Gasteiger partial charge is 0.283 e. The summed E-state index contributed by atoms with van der Waals surface area (Å²) in [6.07, 6.45) is 0. The first-order valence-corrected chi connectivity index (χ1v) is 8.58. The van der Waals surface area contributed by atoms with E-state index >= 15 is 0 Å². The number of benzene rings is 1. The predicted molar refractivity (Wildman–Crippen MR) is 99.2 cm³/mol. The first kappa shape index (κ1) is 17.4. The standard InChI is InChI=1S/C16H17Cl2N5S/c1-10-7-11(2)23-15(19-10)20-16(24)22(23)9-21(3)8-12-5-4-6-13(17)14(12)18/h4-7H,8-9H2,1-3H3. The molecule has 3 aromatic rings. The molecule has 2 heterocycles. The SMILES string of the molecule is Cc1cc(C)n2c(n1)nc(=S)n2CN(C)Cc1cccc(Cl)c1Cl. The quantitative estimate of drug-likeness (QED) is 0.632. The molecule has 0 atom stereocenters. The molecule has 0 aliphatic heterocycles. The van der Waals surface area contributed by atoms with Crippen molar-refractivity contribution >= 4 is 41.2 Å². The van der Waals surface area contributed by atoms with Crippen molar-refractivity contribution in [3.8, 4) is 0 Å². The van der Waals surface area contributed by atoms with E-state index < -0.39 is 0 Å². The van der Waals surface area contributed by atoms with Gasteiger partial charge < -0.3 is 0 Å². The van der Waals surface area contributed by atoms with E-state index in [0.717, 1.165) is 17.0 Å². The van der Waals surface area contributed by atoms with Gasteiger partial charge in [0.1, 0.15) is 0 Å². The van der Waals surface area contributed by atoms with Crippen LogP contribution in [0.4, 0.5) is 0 Å². The van der Waals surface area contributed by atoms with Crippen LogP contribution in [0.5, 0.6) is 0 Å². The molecule has 0 aliphatic carbocycles. The number of nitrogens with zero attached hydrogens (tertiary/aromatic N) is 5. The van der Waals surface area contributed by atoms with Crippen molar-refractivity contribution in [2.75, 3.05) is 7.05 Å². The van der Waals surface area contributed by atoms with Crippen LogP contribution in [0.15, 0.2) is 24.3 Å². The van der Waals surface area contributed by atoms with Gasteiger partial charge in [0.25, 0.3) is 5.78 Å². The fourth-order valence-electron chi connectivity index (χ4n) is 2.72. The first-order valence-electron chi connectivity index (χ1n) is 7.42. The molecule has 0 fully saturated rings. The number of aryl methyl sites for hydroxylation is 2. The fraction of sp³-hybridized carbons (Fsp3) is 0.312. The van der Waals surface area contributed by atoms with Gasteiger partial charge in [-0.05, 0) is 50.8 Å². The van der Waals surface area contributed by atoms with Crippen molar-refractivity contribution in [3.63, 3.8) is 0 Å². The highest BCUT2D eigenvalue weighted by molar-refractivity contribution is 7.71. The highest BCUT2D eigenvalue weighted by Crippen LogP contribution is 2.26. The summed E-state index contributed by atoms with van der Waals surface area (Å²) in [5.41, 5.74) is 2.93. The van der Waals surface area contributed by atoms with Crippen molar-refractivity contribution in [2.24, 2.45) is 0 Å². The Hall–Kier alpha value is -1.47. The Bertz CT molecular complexity index is 963. The first-order chi connectivity index (χ1) is 11.4. The van der Waals surface area contributed by atoms with Gasteiger partial charge in [-0.2, -0.15) is 4.98 Å². The molecule has 5 nitrogen and oxygen atoms in total. The Morgan fingerprint density at radius 1 is 1.21 bits per heavy atom. The molecule has 8 heteroatoms. The average Bonchev–Trinajstić information content (AvgIpc) is 2.79. The van der Waals surface area contributed by atoms with Crippen molar-refractivity contribution in [2.45, 2.75) is 27.1 Å². The van der Waals surface area contributed by atoms with Crippen molar-refractivity contribution in [1.82, 2.24) is 24.1 Å². The Balaban J connectivity index is 1.91. The smallest absolute Gasteiger partial charge is 0.252 e. The summed E-state index contributed by atoms with van der Waals surface area (Å²) >= 11 is 17.8. The summed E-state index contributed by atoms with van der Waals surface area (Å²) < 4.78 is 4.36. The van der Waals surface area contributed by atoms with Crippen molar-refractivity contribution < 1.29 is 0 Å². The lowest BCUT2D eigenvalue weighted by atomic mass is 10.2. The summed E-state index contributed by atoms with van der Waals surface area (Å²) in [6, 6.07) is 7.65. The monoisotopic (exact) mass is 381 g/mol. The molecule has 0 spiro atoms. The fourth-order valence-corrected chi connectivity index (χ4v) is 3.32. The molecule has 0 unspecified atom stereocenters. The van der Waals surface area contributed by atoms with Gasteiger partial charge in [-0.1, -0.05) is 35.3 Å². The van der Waals surface area contributed by atoms with E-state index in [1.807, 2.05) is 48.3 Å². The van der Waals surface area contributed by atoms with Crippen LogP contribution >= 0.6 is 35.4 Å². The van der Waals surface area contributed by atoms with E-state index in [0.29, 0.717) is 33.8 Å². The number of aromatic nitrogens is 4. The minimum Gasteiger partial charge on any atom is -0.283 e. The number of halogens is 2. The molecule has 3 rings (SSSR count). The molecule has 0 N–H and O–H groups in total. The second-order valence-corrected chi connectivity index (χ2v) is 6.96. The van der Waals surface area contributed by atoms with Gasteiger partial charge in [0.2, 0.25) is 4.77 Å². The van der Waals surface area contributed by atoms with E-state index in [2.05, 4.69) is 14.9 Å². The minimum absolute atomic E-state index is 0.500. The van der Waals surface area contributed by atoms with Gasteiger partial charge in [-0.25, -0.2) is 14.2 Å². The van der Waals surface area contributed by atoms with Crippen molar-refractivity contribution in [3.05, 3.63) is 56.0 Å².